The van der Waals surface area contributed by atoms with E-state index in [2.05, 4.69) is 0 Å². The molecule has 1 aliphatic carbocycles. The minimum atomic E-state index is -1.01. The molecule has 1 aromatic heterocycles. The Morgan fingerprint density at radius 1 is 1.53 bits per heavy atom. The lowest BCUT2D eigenvalue weighted by Crippen LogP contribution is -2.19. The van der Waals surface area contributed by atoms with E-state index in [9.17, 15) is 9.59 Å². The van der Waals surface area contributed by atoms with Crippen LogP contribution in [0.15, 0.2) is 23.0 Å². The molecule has 0 saturated carbocycles. The number of fused-ring (bicyclic) bond motifs is 3. The molecular weight excluding hydrogens is 266 g/mol. The number of hydrogen-bond acceptors (Lipinski definition) is 4. The van der Waals surface area contributed by atoms with Crippen molar-refractivity contribution in [3.05, 3.63) is 38.3 Å². The zero-order valence-corrected chi connectivity index (χ0v) is 11.0. The summed E-state index contributed by atoms with van der Waals surface area (Å²) in [6, 6.07) is 5.68. The predicted molar refractivity (Wildman–Crippen MR) is 71.0 cm³/mol. The smallest absolute Gasteiger partial charge is 0.323 e. The predicted octanol–water partition coefficient (Wildman–Crippen LogP) is 1.57. The molecule has 0 spiro atoms. The molecule has 0 radical (unpaired) electrons. The molecule has 0 amide bonds. The summed E-state index contributed by atoms with van der Waals surface area (Å²) in [5, 5.41) is 8.91. The average molecular weight is 277 g/mol. The molecule has 0 aliphatic heterocycles. The van der Waals surface area contributed by atoms with Gasteiger partial charge in [-0.2, -0.15) is 0 Å². The van der Waals surface area contributed by atoms with Crippen molar-refractivity contribution in [1.29, 1.82) is 0 Å². The molecule has 0 bridgehead atoms. The maximum Gasteiger partial charge on any atom is 0.323 e. The van der Waals surface area contributed by atoms with Crippen molar-refractivity contribution in [3.63, 3.8) is 0 Å². The Kier molecular flexibility index (Phi) is 2.67. The standard InChI is InChI=1S/C13H11NO4S/c1-18-8-3-2-7-4-10-12(9(7)5-8)14(6-11(15)16)13(17)19-10/h2-3,5H,4,6H2,1H3,(H,15,16). The number of aromatic nitrogens is 1. The van der Waals surface area contributed by atoms with Crippen LogP contribution >= 0.6 is 11.3 Å². The second-order valence-corrected chi connectivity index (χ2v) is 5.37. The lowest BCUT2D eigenvalue weighted by Gasteiger charge is -2.07. The van der Waals surface area contributed by atoms with Gasteiger partial charge in [0.1, 0.15) is 12.3 Å². The summed E-state index contributed by atoms with van der Waals surface area (Å²) < 4.78 is 6.51. The second-order valence-electron chi connectivity index (χ2n) is 4.32. The largest absolute Gasteiger partial charge is 0.497 e. The first kappa shape index (κ1) is 12.0. The lowest BCUT2D eigenvalue weighted by atomic mass is 10.1. The number of thiazole rings is 1. The summed E-state index contributed by atoms with van der Waals surface area (Å²) in [5.41, 5.74) is 2.72. The number of hydrogen-bond donors (Lipinski definition) is 1. The number of rotatable bonds is 3. The fourth-order valence-corrected chi connectivity index (χ4v) is 3.40. The van der Waals surface area contributed by atoms with Crippen LogP contribution < -0.4 is 9.61 Å². The first-order valence-corrected chi connectivity index (χ1v) is 6.53. The summed E-state index contributed by atoms with van der Waals surface area (Å²) in [7, 11) is 1.58. The molecule has 1 N–H and O–H groups in total. The van der Waals surface area contributed by atoms with E-state index in [1.165, 1.54) is 4.57 Å². The number of carboxylic acids is 1. The van der Waals surface area contributed by atoms with E-state index in [0.717, 1.165) is 33.0 Å². The maximum atomic E-state index is 11.8. The molecule has 1 aliphatic rings. The number of methoxy groups -OCH3 is 1. The van der Waals surface area contributed by atoms with Crippen LogP contribution in [0.1, 0.15) is 10.4 Å². The zero-order chi connectivity index (χ0) is 13.6. The van der Waals surface area contributed by atoms with Crippen LogP contribution in [0.4, 0.5) is 0 Å². The molecule has 0 unspecified atom stereocenters. The monoisotopic (exact) mass is 277 g/mol. The minimum absolute atomic E-state index is 0.221. The van der Waals surface area contributed by atoms with Gasteiger partial charge < -0.3 is 9.84 Å². The molecule has 2 aromatic rings. The summed E-state index contributed by atoms with van der Waals surface area (Å²) in [4.78, 5) is 23.4. The van der Waals surface area contributed by atoms with Gasteiger partial charge >= 0.3 is 10.8 Å². The van der Waals surface area contributed by atoms with E-state index in [1.54, 1.807) is 7.11 Å². The quantitative estimate of drug-likeness (QED) is 0.789. The van der Waals surface area contributed by atoms with Gasteiger partial charge in [0.2, 0.25) is 0 Å². The van der Waals surface area contributed by atoms with Crippen LogP contribution in [-0.2, 0) is 17.8 Å². The SMILES string of the molecule is COc1ccc2c(c1)-c1c(sc(=O)n1CC(=O)O)C2. The van der Waals surface area contributed by atoms with Crippen molar-refractivity contribution >= 4 is 17.3 Å². The van der Waals surface area contributed by atoms with E-state index < -0.39 is 5.97 Å². The third-order valence-corrected chi connectivity index (χ3v) is 4.16. The Labute approximate surface area is 112 Å². The van der Waals surface area contributed by atoms with Gasteiger partial charge in [-0.15, -0.1) is 0 Å². The third-order valence-electron chi connectivity index (χ3n) is 3.18. The Balaban J connectivity index is 2.20. The second kappa shape index (κ2) is 4.24. The first-order chi connectivity index (χ1) is 9.10. The van der Waals surface area contributed by atoms with Crippen LogP contribution in [0.2, 0.25) is 0 Å². The van der Waals surface area contributed by atoms with Gasteiger partial charge in [-0.25, -0.2) is 0 Å². The Morgan fingerprint density at radius 3 is 3.00 bits per heavy atom. The molecule has 0 atom stereocenters. The molecule has 98 valence electrons. The fourth-order valence-electron chi connectivity index (χ4n) is 2.38. The summed E-state index contributed by atoms with van der Waals surface area (Å²) in [6.45, 7) is -0.304. The highest BCUT2D eigenvalue weighted by atomic mass is 32.1. The minimum Gasteiger partial charge on any atom is -0.497 e. The van der Waals surface area contributed by atoms with Crippen molar-refractivity contribution in [3.8, 4) is 17.0 Å². The van der Waals surface area contributed by atoms with Crippen molar-refractivity contribution in [2.45, 2.75) is 13.0 Å². The summed E-state index contributed by atoms with van der Waals surface area (Å²) in [6.07, 6.45) is 0.682. The Hall–Kier alpha value is -2.08. The molecule has 5 nitrogen and oxygen atoms in total. The number of carbonyl (C=O) groups is 1. The Morgan fingerprint density at radius 2 is 2.32 bits per heavy atom. The molecule has 6 heteroatoms. The maximum absolute atomic E-state index is 11.8. The van der Waals surface area contributed by atoms with Gasteiger partial charge in [0, 0.05) is 16.9 Å². The highest BCUT2D eigenvalue weighted by Crippen LogP contribution is 2.39. The van der Waals surface area contributed by atoms with Crippen molar-refractivity contribution in [1.82, 2.24) is 4.57 Å². The number of benzene rings is 1. The van der Waals surface area contributed by atoms with Gasteiger partial charge in [0.25, 0.3) is 0 Å². The fraction of sp³-hybridized carbons (Fsp3) is 0.231. The Bertz CT molecular complexity index is 729. The molecule has 0 fully saturated rings. The molecule has 19 heavy (non-hydrogen) atoms. The van der Waals surface area contributed by atoms with Crippen molar-refractivity contribution in [2.24, 2.45) is 0 Å². The summed E-state index contributed by atoms with van der Waals surface area (Å²) >= 11 is 1.12. The average Bonchev–Trinajstić information content (AvgIpc) is 2.85. The lowest BCUT2D eigenvalue weighted by molar-refractivity contribution is -0.137. The number of ether oxygens (including phenoxy) is 1. The van der Waals surface area contributed by atoms with Crippen molar-refractivity contribution in [2.75, 3.05) is 7.11 Å². The number of carboxylic acid groups (broad SMARTS) is 1. The van der Waals surface area contributed by atoms with Crippen molar-refractivity contribution < 1.29 is 14.6 Å². The van der Waals surface area contributed by atoms with E-state index >= 15 is 0 Å². The van der Waals surface area contributed by atoms with Crippen LogP contribution in [0, 0.1) is 0 Å². The normalized spacial score (nSPS) is 12.1. The highest BCUT2D eigenvalue weighted by Gasteiger charge is 2.26. The van der Waals surface area contributed by atoms with Crippen LogP contribution in [0.25, 0.3) is 11.3 Å². The van der Waals surface area contributed by atoms with E-state index in [1.807, 2.05) is 18.2 Å². The first-order valence-electron chi connectivity index (χ1n) is 5.71. The zero-order valence-electron chi connectivity index (χ0n) is 10.2. The topological polar surface area (TPSA) is 68.5 Å². The third kappa shape index (κ3) is 1.84. The molecular formula is C13H11NO4S. The number of nitrogens with zero attached hydrogens (tertiary/aromatic N) is 1. The van der Waals surface area contributed by atoms with Gasteiger partial charge in [-0.3, -0.25) is 14.2 Å². The van der Waals surface area contributed by atoms with Crippen LogP contribution in [-0.4, -0.2) is 22.8 Å². The summed E-state index contributed by atoms with van der Waals surface area (Å²) in [5.74, 6) is -0.314. The van der Waals surface area contributed by atoms with E-state index in [0.29, 0.717) is 12.2 Å². The van der Waals surface area contributed by atoms with Crippen LogP contribution in [0.5, 0.6) is 5.75 Å². The molecule has 3 rings (SSSR count). The van der Waals surface area contributed by atoms with E-state index in [4.69, 9.17) is 9.84 Å². The molecule has 0 saturated heterocycles. The number of aliphatic carboxylic acids is 1. The van der Waals surface area contributed by atoms with Gasteiger partial charge in [-0.05, 0) is 17.7 Å². The highest BCUT2D eigenvalue weighted by molar-refractivity contribution is 7.09. The van der Waals surface area contributed by atoms with Gasteiger partial charge in [0.15, 0.2) is 0 Å². The van der Waals surface area contributed by atoms with Crippen LogP contribution in [0.3, 0.4) is 0 Å². The molecule has 1 heterocycles. The van der Waals surface area contributed by atoms with Gasteiger partial charge in [-0.1, -0.05) is 17.4 Å². The van der Waals surface area contributed by atoms with Gasteiger partial charge in [0.05, 0.1) is 12.8 Å². The van der Waals surface area contributed by atoms with E-state index in [-0.39, 0.29) is 11.4 Å². The molecule has 1 aromatic carbocycles.